The van der Waals surface area contributed by atoms with Crippen LogP contribution in [0.1, 0.15) is 18.6 Å². The summed E-state index contributed by atoms with van der Waals surface area (Å²) in [5.74, 6) is 0. The molecule has 2 aromatic carbocycles. The van der Waals surface area contributed by atoms with Gasteiger partial charge in [-0.1, -0.05) is 42.5 Å². The molecule has 1 N–H and O–H groups in total. The Morgan fingerprint density at radius 2 is 1.65 bits per heavy atom. The fraction of sp³-hybridized carbons (Fsp3) is 0.118. The van der Waals surface area contributed by atoms with E-state index in [0.717, 1.165) is 22.4 Å². The predicted octanol–water partition coefficient (Wildman–Crippen LogP) is 3.59. The maximum atomic E-state index is 9.52. The zero-order valence-corrected chi connectivity index (χ0v) is 11.3. The van der Waals surface area contributed by atoms with E-state index in [1.165, 1.54) is 0 Å². The second-order valence-electron chi connectivity index (χ2n) is 4.81. The van der Waals surface area contributed by atoms with Gasteiger partial charge in [0, 0.05) is 11.8 Å². The average Bonchev–Trinajstić information content (AvgIpc) is 2.98. The summed E-state index contributed by atoms with van der Waals surface area (Å²) < 4.78 is 1.84. The van der Waals surface area contributed by atoms with Gasteiger partial charge in [-0.15, -0.1) is 0 Å². The highest BCUT2D eigenvalue weighted by molar-refractivity contribution is 5.62. The topological polar surface area (TPSA) is 38.0 Å². The lowest BCUT2D eigenvalue weighted by Gasteiger charge is -2.06. The van der Waals surface area contributed by atoms with Gasteiger partial charge in [0.05, 0.1) is 18.0 Å². The molecule has 0 unspecified atom stereocenters. The summed E-state index contributed by atoms with van der Waals surface area (Å²) in [4.78, 5) is 0. The molecule has 0 saturated heterocycles. The number of aliphatic hydroxyl groups is 1. The van der Waals surface area contributed by atoms with Crippen LogP contribution in [0, 0.1) is 0 Å². The van der Waals surface area contributed by atoms with Gasteiger partial charge in [0.1, 0.15) is 0 Å². The minimum absolute atomic E-state index is 0.443. The van der Waals surface area contributed by atoms with Gasteiger partial charge in [-0.25, -0.2) is 4.68 Å². The van der Waals surface area contributed by atoms with Crippen LogP contribution >= 0.6 is 0 Å². The van der Waals surface area contributed by atoms with E-state index in [0.29, 0.717) is 0 Å². The molecule has 1 aromatic heterocycles. The third kappa shape index (κ3) is 2.49. The molecule has 3 rings (SSSR count). The second kappa shape index (κ2) is 5.31. The Balaban J connectivity index is 1.90. The minimum Gasteiger partial charge on any atom is -0.389 e. The normalized spacial score (nSPS) is 12.3. The summed E-state index contributed by atoms with van der Waals surface area (Å²) in [6, 6.07) is 17.9. The maximum absolute atomic E-state index is 9.52. The molecular formula is C17H16N2O. The van der Waals surface area contributed by atoms with E-state index in [-0.39, 0.29) is 0 Å². The molecule has 0 spiro atoms. The largest absolute Gasteiger partial charge is 0.389 e. The molecule has 3 nitrogen and oxygen atoms in total. The van der Waals surface area contributed by atoms with Crippen molar-refractivity contribution in [3.63, 3.8) is 0 Å². The van der Waals surface area contributed by atoms with Crippen molar-refractivity contribution >= 4 is 0 Å². The SMILES string of the molecule is C[C@H](O)c1ccc(-n2cc(-c3ccccc3)cn2)cc1. The van der Waals surface area contributed by atoms with Crippen molar-refractivity contribution in [1.82, 2.24) is 9.78 Å². The number of hydrogen-bond donors (Lipinski definition) is 1. The van der Waals surface area contributed by atoms with Crippen molar-refractivity contribution in [2.75, 3.05) is 0 Å². The van der Waals surface area contributed by atoms with Crippen molar-refractivity contribution in [1.29, 1.82) is 0 Å². The summed E-state index contributed by atoms with van der Waals surface area (Å²) in [5.41, 5.74) is 4.13. The highest BCUT2D eigenvalue weighted by Gasteiger charge is 2.04. The molecule has 100 valence electrons. The molecule has 3 aromatic rings. The summed E-state index contributed by atoms with van der Waals surface area (Å²) in [7, 11) is 0. The maximum Gasteiger partial charge on any atom is 0.0761 e. The number of rotatable bonds is 3. The molecular weight excluding hydrogens is 248 g/mol. The molecule has 0 aliphatic rings. The zero-order chi connectivity index (χ0) is 13.9. The minimum atomic E-state index is -0.443. The highest BCUT2D eigenvalue weighted by atomic mass is 16.3. The third-order valence-corrected chi connectivity index (χ3v) is 3.33. The van der Waals surface area contributed by atoms with Gasteiger partial charge in [0.25, 0.3) is 0 Å². The summed E-state index contributed by atoms with van der Waals surface area (Å²) in [6.07, 6.45) is 3.42. The van der Waals surface area contributed by atoms with E-state index < -0.39 is 6.10 Å². The molecule has 0 aliphatic heterocycles. The van der Waals surface area contributed by atoms with Crippen LogP contribution in [-0.4, -0.2) is 14.9 Å². The van der Waals surface area contributed by atoms with Gasteiger partial charge >= 0.3 is 0 Å². The molecule has 20 heavy (non-hydrogen) atoms. The van der Waals surface area contributed by atoms with Gasteiger partial charge in [0.15, 0.2) is 0 Å². The van der Waals surface area contributed by atoms with E-state index in [2.05, 4.69) is 17.2 Å². The molecule has 0 bridgehead atoms. The Bertz CT molecular complexity index is 685. The van der Waals surface area contributed by atoms with Crippen molar-refractivity contribution in [3.05, 3.63) is 72.6 Å². The van der Waals surface area contributed by atoms with Crippen LogP contribution in [0.5, 0.6) is 0 Å². The fourth-order valence-corrected chi connectivity index (χ4v) is 2.15. The van der Waals surface area contributed by atoms with E-state index in [9.17, 15) is 5.11 Å². The smallest absolute Gasteiger partial charge is 0.0761 e. The van der Waals surface area contributed by atoms with Crippen molar-refractivity contribution in [2.24, 2.45) is 0 Å². The third-order valence-electron chi connectivity index (χ3n) is 3.33. The molecule has 1 atom stereocenters. The van der Waals surface area contributed by atoms with Gasteiger partial charge in [-0.2, -0.15) is 5.10 Å². The van der Waals surface area contributed by atoms with Gasteiger partial charge in [-0.3, -0.25) is 0 Å². The first-order valence-electron chi connectivity index (χ1n) is 6.62. The first kappa shape index (κ1) is 12.6. The first-order valence-corrected chi connectivity index (χ1v) is 6.62. The van der Waals surface area contributed by atoms with E-state index >= 15 is 0 Å². The van der Waals surface area contributed by atoms with Crippen molar-refractivity contribution in [2.45, 2.75) is 13.0 Å². The Morgan fingerprint density at radius 1 is 0.950 bits per heavy atom. The Labute approximate surface area is 118 Å². The average molecular weight is 264 g/mol. The number of nitrogens with zero attached hydrogens (tertiary/aromatic N) is 2. The van der Waals surface area contributed by atoms with Crippen molar-refractivity contribution in [3.8, 4) is 16.8 Å². The van der Waals surface area contributed by atoms with Crippen LogP contribution in [0.15, 0.2) is 67.0 Å². The zero-order valence-electron chi connectivity index (χ0n) is 11.3. The van der Waals surface area contributed by atoms with Gasteiger partial charge < -0.3 is 5.11 Å². The first-order chi connectivity index (χ1) is 9.74. The van der Waals surface area contributed by atoms with E-state index in [4.69, 9.17) is 0 Å². The highest BCUT2D eigenvalue weighted by Crippen LogP contribution is 2.20. The van der Waals surface area contributed by atoms with Crippen LogP contribution in [0.4, 0.5) is 0 Å². The Kier molecular flexibility index (Phi) is 3.35. The van der Waals surface area contributed by atoms with Gasteiger partial charge in [-0.05, 0) is 30.2 Å². The lowest BCUT2D eigenvalue weighted by Crippen LogP contribution is -1.96. The van der Waals surface area contributed by atoms with Crippen LogP contribution in [0.3, 0.4) is 0 Å². The van der Waals surface area contributed by atoms with E-state index in [1.807, 2.05) is 59.5 Å². The Hall–Kier alpha value is -2.39. The molecule has 1 heterocycles. The van der Waals surface area contributed by atoms with Gasteiger partial charge in [0.2, 0.25) is 0 Å². The van der Waals surface area contributed by atoms with Crippen LogP contribution in [0.25, 0.3) is 16.8 Å². The predicted molar refractivity (Wildman–Crippen MR) is 79.6 cm³/mol. The number of hydrogen-bond acceptors (Lipinski definition) is 2. The standard InChI is InChI=1S/C17H16N2O/c1-13(20)14-7-9-17(10-8-14)19-12-16(11-18-19)15-5-3-2-4-6-15/h2-13,20H,1H3/t13-/m0/s1. The molecule has 0 aliphatic carbocycles. The monoisotopic (exact) mass is 264 g/mol. The fourth-order valence-electron chi connectivity index (χ4n) is 2.15. The number of aliphatic hydroxyl groups excluding tert-OH is 1. The number of aromatic nitrogens is 2. The molecule has 0 amide bonds. The summed E-state index contributed by atoms with van der Waals surface area (Å²) >= 11 is 0. The van der Waals surface area contributed by atoms with Crippen LogP contribution in [-0.2, 0) is 0 Å². The second-order valence-corrected chi connectivity index (χ2v) is 4.81. The molecule has 0 radical (unpaired) electrons. The Morgan fingerprint density at radius 3 is 2.30 bits per heavy atom. The lowest BCUT2D eigenvalue weighted by molar-refractivity contribution is 0.199. The van der Waals surface area contributed by atoms with Crippen molar-refractivity contribution < 1.29 is 5.11 Å². The van der Waals surface area contributed by atoms with Crippen LogP contribution < -0.4 is 0 Å². The summed E-state index contributed by atoms with van der Waals surface area (Å²) in [6.45, 7) is 1.76. The molecule has 3 heteroatoms. The van der Waals surface area contributed by atoms with E-state index in [1.54, 1.807) is 6.92 Å². The molecule has 0 saturated carbocycles. The summed E-state index contributed by atoms with van der Waals surface area (Å²) in [5, 5.41) is 13.9. The molecule has 0 fully saturated rings. The number of benzene rings is 2. The quantitative estimate of drug-likeness (QED) is 0.785. The van der Waals surface area contributed by atoms with Crippen LogP contribution in [0.2, 0.25) is 0 Å². The lowest BCUT2D eigenvalue weighted by atomic mass is 10.1.